The van der Waals surface area contributed by atoms with Gasteiger partial charge in [0.1, 0.15) is 12.6 Å². The number of likely N-dealkylation sites (N-methyl/N-ethyl adjacent to an activating group) is 1. The van der Waals surface area contributed by atoms with Crippen LogP contribution in [0.3, 0.4) is 0 Å². The summed E-state index contributed by atoms with van der Waals surface area (Å²) in [7, 11) is -2.66. The van der Waals surface area contributed by atoms with E-state index in [2.05, 4.69) is 5.32 Å². The van der Waals surface area contributed by atoms with E-state index in [9.17, 15) is 18.0 Å². The predicted octanol–water partition coefficient (Wildman–Crippen LogP) is 4.66. The lowest BCUT2D eigenvalue weighted by molar-refractivity contribution is -0.139. The van der Waals surface area contributed by atoms with Crippen molar-refractivity contribution < 1.29 is 18.0 Å². The fraction of sp³-hybridized carbons (Fsp3) is 0.231. The summed E-state index contributed by atoms with van der Waals surface area (Å²) in [5.41, 5.74) is 1.79. The summed E-state index contributed by atoms with van der Waals surface area (Å²) >= 11 is 12.3. The van der Waals surface area contributed by atoms with E-state index >= 15 is 0 Å². The number of hydrogen-bond donors (Lipinski definition) is 1. The topological polar surface area (TPSA) is 86.8 Å². The standard InChI is InChI=1S/C26H27Cl2N3O4S/c1-18-8-14-23(15-9-18)36(34,35)31(22-12-10-21(27)11-13-22)17-25(32)30(19(2)26(33)29-3)16-20-6-4-5-7-24(20)28/h4-15,19H,16-17H2,1-3H3,(H,29,33)/t19-/m1/s1. The van der Waals surface area contributed by atoms with Crippen molar-refractivity contribution in [2.45, 2.75) is 31.3 Å². The molecule has 0 spiro atoms. The number of benzene rings is 3. The Labute approximate surface area is 221 Å². The van der Waals surface area contributed by atoms with Crippen molar-refractivity contribution in [3.05, 3.63) is 94.0 Å². The van der Waals surface area contributed by atoms with Gasteiger partial charge in [-0.1, -0.05) is 59.1 Å². The molecule has 36 heavy (non-hydrogen) atoms. The first-order valence-electron chi connectivity index (χ1n) is 11.1. The molecule has 0 aliphatic carbocycles. The Kier molecular flexibility index (Phi) is 9.00. The van der Waals surface area contributed by atoms with Gasteiger partial charge in [0, 0.05) is 23.6 Å². The number of halogens is 2. The average Bonchev–Trinajstić information content (AvgIpc) is 2.86. The molecular formula is C26H27Cl2N3O4S. The van der Waals surface area contributed by atoms with Crippen LogP contribution in [0.1, 0.15) is 18.1 Å². The maximum atomic E-state index is 13.7. The fourth-order valence-corrected chi connectivity index (χ4v) is 5.31. The first kappa shape index (κ1) is 27.5. The molecule has 10 heteroatoms. The number of rotatable bonds is 9. The Morgan fingerprint density at radius 1 is 0.944 bits per heavy atom. The van der Waals surface area contributed by atoms with E-state index < -0.39 is 34.4 Å². The number of amides is 2. The lowest BCUT2D eigenvalue weighted by atomic mass is 10.1. The van der Waals surface area contributed by atoms with Crippen molar-refractivity contribution in [3.8, 4) is 0 Å². The SMILES string of the molecule is CNC(=O)[C@@H](C)N(Cc1ccccc1Cl)C(=O)CN(c1ccc(Cl)cc1)S(=O)(=O)c1ccc(C)cc1. The van der Waals surface area contributed by atoms with Crippen molar-refractivity contribution in [3.63, 3.8) is 0 Å². The molecule has 0 unspecified atom stereocenters. The highest BCUT2D eigenvalue weighted by Crippen LogP contribution is 2.26. The Morgan fingerprint density at radius 3 is 2.14 bits per heavy atom. The van der Waals surface area contributed by atoms with Gasteiger partial charge in [-0.25, -0.2) is 8.42 Å². The van der Waals surface area contributed by atoms with Crippen LogP contribution in [0.4, 0.5) is 5.69 Å². The lowest BCUT2D eigenvalue weighted by Gasteiger charge is -2.32. The van der Waals surface area contributed by atoms with Crippen LogP contribution < -0.4 is 9.62 Å². The second-order valence-corrected chi connectivity index (χ2v) is 10.9. The molecular weight excluding hydrogens is 521 g/mol. The molecule has 0 heterocycles. The van der Waals surface area contributed by atoms with Crippen LogP contribution in [0.25, 0.3) is 0 Å². The quantitative estimate of drug-likeness (QED) is 0.422. The molecule has 2 amide bonds. The van der Waals surface area contributed by atoms with Gasteiger partial charge < -0.3 is 10.2 Å². The van der Waals surface area contributed by atoms with E-state index in [4.69, 9.17) is 23.2 Å². The van der Waals surface area contributed by atoms with Crippen molar-refractivity contribution in [1.82, 2.24) is 10.2 Å². The average molecular weight is 548 g/mol. The van der Waals surface area contributed by atoms with Gasteiger partial charge in [-0.05, 0) is 61.9 Å². The molecule has 7 nitrogen and oxygen atoms in total. The number of anilines is 1. The Balaban J connectivity index is 2.03. The maximum Gasteiger partial charge on any atom is 0.264 e. The van der Waals surface area contributed by atoms with E-state index in [0.717, 1.165) is 9.87 Å². The van der Waals surface area contributed by atoms with Crippen LogP contribution in [0, 0.1) is 6.92 Å². The monoisotopic (exact) mass is 547 g/mol. The van der Waals surface area contributed by atoms with E-state index in [-0.39, 0.29) is 17.1 Å². The molecule has 0 aromatic heterocycles. The zero-order chi connectivity index (χ0) is 26.5. The number of hydrogen-bond acceptors (Lipinski definition) is 4. The highest BCUT2D eigenvalue weighted by molar-refractivity contribution is 7.92. The summed E-state index contributed by atoms with van der Waals surface area (Å²) in [5, 5.41) is 3.39. The van der Waals surface area contributed by atoms with Crippen molar-refractivity contribution in [2.75, 3.05) is 17.9 Å². The molecule has 0 saturated heterocycles. The van der Waals surface area contributed by atoms with Gasteiger partial charge in [0.25, 0.3) is 10.0 Å². The van der Waals surface area contributed by atoms with Crippen LogP contribution in [-0.4, -0.2) is 44.8 Å². The highest BCUT2D eigenvalue weighted by atomic mass is 35.5. The fourth-order valence-electron chi connectivity index (χ4n) is 3.58. The minimum absolute atomic E-state index is 0.0200. The molecule has 3 aromatic carbocycles. The zero-order valence-corrected chi connectivity index (χ0v) is 22.4. The predicted molar refractivity (Wildman–Crippen MR) is 143 cm³/mol. The molecule has 0 aliphatic rings. The van der Waals surface area contributed by atoms with Gasteiger partial charge in [0.05, 0.1) is 10.6 Å². The molecule has 0 aliphatic heterocycles. The van der Waals surface area contributed by atoms with Gasteiger partial charge in [0.15, 0.2) is 0 Å². The van der Waals surface area contributed by atoms with Crippen LogP contribution in [0.2, 0.25) is 10.0 Å². The summed E-state index contributed by atoms with van der Waals surface area (Å²) in [6.45, 7) is 2.91. The van der Waals surface area contributed by atoms with Gasteiger partial charge >= 0.3 is 0 Å². The van der Waals surface area contributed by atoms with Crippen molar-refractivity contribution in [2.24, 2.45) is 0 Å². The van der Waals surface area contributed by atoms with Crippen molar-refractivity contribution >= 4 is 50.7 Å². The van der Waals surface area contributed by atoms with Gasteiger partial charge in [-0.15, -0.1) is 0 Å². The van der Waals surface area contributed by atoms with E-state index in [0.29, 0.717) is 15.6 Å². The summed E-state index contributed by atoms with van der Waals surface area (Å²) in [5.74, 6) is -0.966. The number of sulfonamides is 1. The van der Waals surface area contributed by atoms with Crippen molar-refractivity contribution in [1.29, 1.82) is 0 Å². The van der Waals surface area contributed by atoms with Crippen LogP contribution >= 0.6 is 23.2 Å². The Morgan fingerprint density at radius 2 is 1.56 bits per heavy atom. The third kappa shape index (κ3) is 6.37. The second kappa shape index (κ2) is 11.8. The van der Waals surface area contributed by atoms with Crippen LogP contribution in [-0.2, 0) is 26.2 Å². The third-order valence-corrected chi connectivity index (χ3v) is 8.12. The smallest absolute Gasteiger partial charge is 0.264 e. The number of aryl methyl sites for hydroxylation is 1. The third-order valence-electron chi connectivity index (χ3n) is 5.71. The number of carbonyl (C=O) groups is 2. The minimum Gasteiger partial charge on any atom is -0.357 e. The molecule has 0 radical (unpaired) electrons. The molecule has 190 valence electrons. The normalized spacial score (nSPS) is 12.0. The maximum absolute atomic E-state index is 13.7. The van der Waals surface area contributed by atoms with E-state index in [1.54, 1.807) is 55.5 Å². The van der Waals surface area contributed by atoms with Gasteiger partial charge in [-0.3, -0.25) is 13.9 Å². The Bertz CT molecular complexity index is 1330. The summed E-state index contributed by atoms with van der Waals surface area (Å²) in [6.07, 6.45) is 0. The largest absolute Gasteiger partial charge is 0.357 e. The lowest BCUT2D eigenvalue weighted by Crippen LogP contribution is -2.50. The summed E-state index contributed by atoms with van der Waals surface area (Å²) < 4.78 is 28.4. The zero-order valence-electron chi connectivity index (χ0n) is 20.1. The number of nitrogens with one attached hydrogen (secondary N) is 1. The van der Waals surface area contributed by atoms with Crippen LogP contribution in [0.15, 0.2) is 77.7 Å². The number of nitrogens with zero attached hydrogens (tertiary/aromatic N) is 2. The molecule has 0 fully saturated rings. The van der Waals surface area contributed by atoms with Gasteiger partial charge in [-0.2, -0.15) is 0 Å². The Hall–Kier alpha value is -3.07. The summed E-state index contributed by atoms with van der Waals surface area (Å²) in [4.78, 5) is 27.5. The molecule has 3 aromatic rings. The molecule has 1 N–H and O–H groups in total. The van der Waals surface area contributed by atoms with Crippen LogP contribution in [0.5, 0.6) is 0 Å². The molecule has 0 bridgehead atoms. The highest BCUT2D eigenvalue weighted by Gasteiger charge is 2.32. The molecule has 1 atom stereocenters. The van der Waals surface area contributed by atoms with E-state index in [1.165, 1.54) is 36.2 Å². The van der Waals surface area contributed by atoms with Gasteiger partial charge in [0.2, 0.25) is 11.8 Å². The molecule has 3 rings (SSSR count). The molecule has 0 saturated carbocycles. The summed E-state index contributed by atoms with van der Waals surface area (Å²) in [6, 6.07) is 18.6. The first-order chi connectivity index (χ1) is 17.0. The van der Waals surface area contributed by atoms with E-state index in [1.807, 2.05) is 6.92 Å². The second-order valence-electron chi connectivity index (χ2n) is 8.20. The number of carbonyl (C=O) groups excluding carboxylic acids is 2. The minimum atomic E-state index is -4.13. The first-order valence-corrected chi connectivity index (χ1v) is 13.3.